The Kier molecular flexibility index (Phi) is 3.67. The maximum Gasteiger partial charge on any atom is 0.251 e. The molecule has 0 radical (unpaired) electrons. The maximum atomic E-state index is 13.8. The van der Waals surface area contributed by atoms with E-state index < -0.39 is 0 Å². The van der Waals surface area contributed by atoms with Gasteiger partial charge in [-0.25, -0.2) is 4.39 Å². The molecule has 0 aliphatic heterocycles. The first-order chi connectivity index (χ1) is 12.1. The van der Waals surface area contributed by atoms with Gasteiger partial charge in [0.1, 0.15) is 5.82 Å². The molecule has 1 fully saturated rings. The van der Waals surface area contributed by atoms with Gasteiger partial charge in [-0.15, -0.1) is 10.2 Å². The zero-order valence-electron chi connectivity index (χ0n) is 13.8. The predicted octanol–water partition coefficient (Wildman–Crippen LogP) is 3.00. The lowest BCUT2D eigenvalue weighted by Crippen LogP contribution is -2.19. The first kappa shape index (κ1) is 15.9. The van der Waals surface area contributed by atoms with Crippen LogP contribution in [0.2, 0.25) is 0 Å². The van der Waals surface area contributed by atoms with Crippen LogP contribution >= 0.6 is 0 Å². The molecule has 3 aliphatic rings. The van der Waals surface area contributed by atoms with E-state index in [9.17, 15) is 4.39 Å². The normalized spacial score (nSPS) is 23.2. The summed E-state index contributed by atoms with van der Waals surface area (Å²) < 4.78 is 19.5. The molecule has 1 heterocycles. The number of aliphatic hydroxyl groups is 1. The van der Waals surface area contributed by atoms with Crippen molar-refractivity contribution in [1.82, 2.24) is 10.2 Å². The molecular weight excluding hydrogens is 321 g/mol. The molecule has 2 aromatic rings. The number of nitrogens with zero attached hydrogens (tertiary/aromatic N) is 2. The topological polar surface area (TPSA) is 85.2 Å². The van der Waals surface area contributed by atoms with Gasteiger partial charge in [0.15, 0.2) is 0 Å². The minimum Gasteiger partial charge on any atom is -0.416 e. The molecule has 25 heavy (non-hydrogen) atoms. The molecule has 0 bridgehead atoms. The van der Waals surface area contributed by atoms with Gasteiger partial charge < -0.3 is 15.3 Å². The van der Waals surface area contributed by atoms with Crippen LogP contribution in [0, 0.1) is 5.82 Å². The summed E-state index contributed by atoms with van der Waals surface area (Å²) in [5, 5.41) is 15.1. The zero-order valence-corrected chi connectivity index (χ0v) is 13.8. The summed E-state index contributed by atoms with van der Waals surface area (Å²) in [6.07, 6.45) is 6.79. The first-order valence-electron chi connectivity index (χ1n) is 8.09. The number of allylic oxidation sites excluding steroid dienone is 4. The van der Waals surface area contributed by atoms with Gasteiger partial charge in [0.25, 0.3) is 5.89 Å². The highest BCUT2D eigenvalue weighted by Gasteiger charge is 2.53. The van der Waals surface area contributed by atoms with Crippen molar-refractivity contribution in [3.8, 4) is 11.5 Å². The van der Waals surface area contributed by atoms with Crippen LogP contribution in [0.25, 0.3) is 17.0 Å². The van der Waals surface area contributed by atoms with E-state index in [0.717, 1.165) is 31.9 Å². The van der Waals surface area contributed by atoms with Crippen molar-refractivity contribution >= 4 is 5.57 Å². The standard InChI is InChI=1S/C18H14FN3O.CH4O/c19-15-4-2-1-3-12(15)17-22-21-16(23-17)10-5-6-11-8-18(20)9-14(18)13(11)7-10;1-2/h1-6H,7-9,20H2;2H,1H3. The number of benzene rings is 1. The average molecular weight is 339 g/mol. The Morgan fingerprint density at radius 1 is 1.08 bits per heavy atom. The van der Waals surface area contributed by atoms with E-state index in [1.165, 1.54) is 22.8 Å². The van der Waals surface area contributed by atoms with E-state index in [-0.39, 0.29) is 17.2 Å². The molecule has 1 aromatic heterocycles. The Bertz CT molecular complexity index is 942. The molecule has 1 atom stereocenters. The molecule has 0 saturated heterocycles. The van der Waals surface area contributed by atoms with Crippen LogP contribution in [-0.2, 0) is 0 Å². The molecule has 1 unspecified atom stereocenters. The summed E-state index contributed by atoms with van der Waals surface area (Å²) in [4.78, 5) is 0. The summed E-state index contributed by atoms with van der Waals surface area (Å²) in [5.41, 5.74) is 11.5. The molecule has 1 aromatic carbocycles. The SMILES string of the molecule is CO.NC12CC3=CC=C(c4nnc(-c5ccccc5F)o4)CC3=C1C2. The number of fused-ring (bicyclic) bond motifs is 2. The van der Waals surface area contributed by atoms with Crippen molar-refractivity contribution in [1.29, 1.82) is 0 Å². The summed E-state index contributed by atoms with van der Waals surface area (Å²) in [6.45, 7) is 0. The molecule has 0 amide bonds. The van der Waals surface area contributed by atoms with Gasteiger partial charge >= 0.3 is 0 Å². The fourth-order valence-corrected chi connectivity index (χ4v) is 3.56. The summed E-state index contributed by atoms with van der Waals surface area (Å²) >= 11 is 0. The summed E-state index contributed by atoms with van der Waals surface area (Å²) in [6, 6.07) is 6.40. The Hall–Kier alpha value is -2.57. The van der Waals surface area contributed by atoms with E-state index in [1.807, 2.05) is 6.08 Å². The largest absolute Gasteiger partial charge is 0.416 e. The van der Waals surface area contributed by atoms with E-state index in [4.69, 9.17) is 15.3 Å². The minimum absolute atomic E-state index is 0.0857. The lowest BCUT2D eigenvalue weighted by molar-refractivity contribution is 0.399. The van der Waals surface area contributed by atoms with Gasteiger partial charge in [0.2, 0.25) is 5.89 Å². The molecule has 6 heteroatoms. The molecule has 5 rings (SSSR count). The molecule has 128 valence electrons. The van der Waals surface area contributed by atoms with Crippen LogP contribution in [0.5, 0.6) is 0 Å². The van der Waals surface area contributed by atoms with Crippen LogP contribution in [0.1, 0.15) is 25.2 Å². The molecule has 0 spiro atoms. The summed E-state index contributed by atoms with van der Waals surface area (Å²) in [7, 11) is 1.00. The second kappa shape index (κ2) is 5.75. The highest BCUT2D eigenvalue weighted by molar-refractivity contribution is 5.74. The van der Waals surface area contributed by atoms with E-state index in [2.05, 4.69) is 16.3 Å². The Morgan fingerprint density at radius 2 is 1.80 bits per heavy atom. The van der Waals surface area contributed by atoms with Crippen LogP contribution in [0.15, 0.2) is 57.6 Å². The maximum absolute atomic E-state index is 13.8. The molecule has 3 aliphatic carbocycles. The van der Waals surface area contributed by atoms with Crippen LogP contribution in [0.4, 0.5) is 4.39 Å². The van der Waals surface area contributed by atoms with E-state index >= 15 is 0 Å². The average Bonchev–Trinajstić information content (AvgIpc) is 2.98. The van der Waals surface area contributed by atoms with Gasteiger partial charge in [-0.3, -0.25) is 0 Å². The van der Waals surface area contributed by atoms with Crippen molar-refractivity contribution < 1.29 is 13.9 Å². The highest BCUT2D eigenvalue weighted by atomic mass is 19.1. The quantitative estimate of drug-likeness (QED) is 0.878. The van der Waals surface area contributed by atoms with E-state index in [1.54, 1.807) is 18.2 Å². The molecule has 3 N–H and O–H groups in total. The van der Waals surface area contributed by atoms with Crippen LogP contribution in [-0.4, -0.2) is 28.0 Å². The lowest BCUT2D eigenvalue weighted by Gasteiger charge is -2.14. The minimum atomic E-state index is -0.367. The van der Waals surface area contributed by atoms with Crippen LogP contribution in [0.3, 0.4) is 0 Å². The lowest BCUT2D eigenvalue weighted by atomic mass is 9.92. The van der Waals surface area contributed by atoms with Crippen molar-refractivity contribution in [3.05, 3.63) is 64.8 Å². The van der Waals surface area contributed by atoms with Crippen molar-refractivity contribution in [3.63, 3.8) is 0 Å². The third kappa shape index (κ3) is 2.54. The third-order valence-electron chi connectivity index (χ3n) is 4.88. The van der Waals surface area contributed by atoms with Gasteiger partial charge in [-0.05, 0) is 41.7 Å². The van der Waals surface area contributed by atoms with Crippen molar-refractivity contribution in [2.24, 2.45) is 5.73 Å². The van der Waals surface area contributed by atoms with Gasteiger partial charge in [-0.2, -0.15) is 0 Å². The van der Waals surface area contributed by atoms with Crippen molar-refractivity contribution in [2.45, 2.75) is 24.8 Å². The Morgan fingerprint density at radius 3 is 2.60 bits per heavy atom. The highest BCUT2D eigenvalue weighted by Crippen LogP contribution is 2.57. The zero-order chi connectivity index (χ0) is 17.6. The number of nitrogens with two attached hydrogens (primary N) is 1. The Balaban J connectivity index is 0.000000758. The second-order valence-corrected chi connectivity index (χ2v) is 6.42. The monoisotopic (exact) mass is 339 g/mol. The molecule has 1 saturated carbocycles. The molecule has 5 nitrogen and oxygen atoms in total. The van der Waals surface area contributed by atoms with Crippen LogP contribution < -0.4 is 5.73 Å². The number of aliphatic hydroxyl groups excluding tert-OH is 1. The fourth-order valence-electron chi connectivity index (χ4n) is 3.56. The Labute approximate surface area is 144 Å². The van der Waals surface area contributed by atoms with Gasteiger partial charge in [0, 0.05) is 24.6 Å². The summed E-state index contributed by atoms with van der Waals surface area (Å²) in [5.74, 6) is 0.286. The van der Waals surface area contributed by atoms with Crippen molar-refractivity contribution in [2.75, 3.05) is 7.11 Å². The van der Waals surface area contributed by atoms with Gasteiger partial charge in [0.05, 0.1) is 5.56 Å². The number of hydrogen-bond donors (Lipinski definition) is 2. The van der Waals surface area contributed by atoms with E-state index in [0.29, 0.717) is 11.5 Å². The number of aromatic nitrogens is 2. The third-order valence-corrected chi connectivity index (χ3v) is 4.88. The first-order valence-corrected chi connectivity index (χ1v) is 8.09. The smallest absolute Gasteiger partial charge is 0.251 e. The molecular formula is C19H18FN3O2. The number of hydrogen-bond acceptors (Lipinski definition) is 5. The van der Waals surface area contributed by atoms with Gasteiger partial charge in [-0.1, -0.05) is 24.3 Å². The number of halogens is 1. The second-order valence-electron chi connectivity index (χ2n) is 6.42. The number of rotatable bonds is 2. The predicted molar refractivity (Wildman–Crippen MR) is 91.7 cm³/mol. The fraction of sp³-hybridized carbons (Fsp3) is 0.263.